The number of hydrogen-bond donors (Lipinski definition) is 3. The molecule has 4 N–H and O–H groups in total. The predicted octanol–water partition coefficient (Wildman–Crippen LogP) is 0.550. The first-order valence-corrected chi connectivity index (χ1v) is 7.06. The van der Waals surface area contributed by atoms with Crippen LogP contribution < -0.4 is 11.1 Å². The molecule has 0 radical (unpaired) electrons. The average molecular weight is 292 g/mol. The summed E-state index contributed by atoms with van der Waals surface area (Å²) >= 11 is 0. The lowest BCUT2D eigenvalue weighted by molar-refractivity contribution is -0.149. The van der Waals surface area contributed by atoms with Gasteiger partial charge < -0.3 is 20.9 Å². The van der Waals surface area contributed by atoms with Crippen LogP contribution >= 0.6 is 0 Å². The Morgan fingerprint density at radius 1 is 1.33 bits per heavy atom. The third-order valence-electron chi connectivity index (χ3n) is 3.55. The first-order valence-electron chi connectivity index (χ1n) is 7.06. The fourth-order valence-corrected chi connectivity index (χ4v) is 2.45. The molecule has 0 bridgehead atoms. The fourth-order valence-electron chi connectivity index (χ4n) is 2.45. The van der Waals surface area contributed by atoms with Crippen molar-refractivity contribution in [1.29, 1.82) is 0 Å². The summed E-state index contributed by atoms with van der Waals surface area (Å²) in [6, 6.07) is 7.32. The van der Waals surface area contributed by atoms with E-state index in [0.717, 1.165) is 5.56 Å². The number of amides is 1. The molecule has 2 atom stereocenters. The maximum atomic E-state index is 12.2. The SMILES string of the molecule is NCCc1ccccc1C(=O)NCC1CCC(C(=O)O)O1. The summed E-state index contributed by atoms with van der Waals surface area (Å²) in [5, 5.41) is 11.7. The number of carboxylic acid groups (broad SMARTS) is 1. The summed E-state index contributed by atoms with van der Waals surface area (Å²) in [5.74, 6) is -1.13. The molecule has 0 spiro atoms. The normalized spacial score (nSPS) is 21.2. The molecule has 1 aromatic carbocycles. The van der Waals surface area contributed by atoms with E-state index in [-0.39, 0.29) is 12.0 Å². The molecular formula is C15H20N2O4. The third-order valence-corrected chi connectivity index (χ3v) is 3.55. The van der Waals surface area contributed by atoms with E-state index in [0.29, 0.717) is 37.9 Å². The molecule has 0 aliphatic carbocycles. The second-order valence-corrected chi connectivity index (χ2v) is 5.07. The van der Waals surface area contributed by atoms with E-state index in [9.17, 15) is 9.59 Å². The molecule has 6 heteroatoms. The first kappa shape index (κ1) is 15.5. The van der Waals surface area contributed by atoms with Crippen LogP contribution in [0.1, 0.15) is 28.8 Å². The van der Waals surface area contributed by atoms with Crippen LogP contribution in [0.25, 0.3) is 0 Å². The van der Waals surface area contributed by atoms with E-state index in [2.05, 4.69) is 5.32 Å². The van der Waals surface area contributed by atoms with Crippen LogP contribution in [0.3, 0.4) is 0 Å². The quantitative estimate of drug-likeness (QED) is 0.710. The van der Waals surface area contributed by atoms with Gasteiger partial charge in [-0.2, -0.15) is 0 Å². The highest BCUT2D eigenvalue weighted by Gasteiger charge is 2.30. The predicted molar refractivity (Wildman–Crippen MR) is 77.1 cm³/mol. The molecule has 1 aromatic rings. The average Bonchev–Trinajstić information content (AvgIpc) is 2.95. The van der Waals surface area contributed by atoms with Gasteiger partial charge in [0, 0.05) is 12.1 Å². The van der Waals surface area contributed by atoms with Crippen LogP contribution in [0.5, 0.6) is 0 Å². The van der Waals surface area contributed by atoms with Crippen LogP contribution in [-0.4, -0.2) is 42.3 Å². The number of ether oxygens (including phenoxy) is 1. The highest BCUT2D eigenvalue weighted by atomic mass is 16.5. The van der Waals surface area contributed by atoms with Crippen molar-refractivity contribution in [1.82, 2.24) is 5.32 Å². The Balaban J connectivity index is 1.89. The van der Waals surface area contributed by atoms with Gasteiger partial charge in [-0.15, -0.1) is 0 Å². The maximum absolute atomic E-state index is 12.2. The molecule has 6 nitrogen and oxygen atoms in total. The van der Waals surface area contributed by atoms with Gasteiger partial charge in [-0.05, 0) is 37.4 Å². The van der Waals surface area contributed by atoms with E-state index in [1.54, 1.807) is 6.07 Å². The van der Waals surface area contributed by atoms with Crippen molar-refractivity contribution in [2.75, 3.05) is 13.1 Å². The number of hydrogen-bond acceptors (Lipinski definition) is 4. The molecule has 2 unspecified atom stereocenters. The Morgan fingerprint density at radius 3 is 2.76 bits per heavy atom. The number of carboxylic acids is 1. The molecule has 1 saturated heterocycles. The number of nitrogens with one attached hydrogen (secondary N) is 1. The second kappa shape index (κ2) is 7.19. The lowest BCUT2D eigenvalue weighted by Crippen LogP contribution is -2.33. The van der Waals surface area contributed by atoms with Crippen LogP contribution in [0, 0.1) is 0 Å². The first-order chi connectivity index (χ1) is 10.1. The molecule has 114 valence electrons. The van der Waals surface area contributed by atoms with Gasteiger partial charge in [-0.3, -0.25) is 4.79 Å². The molecule has 21 heavy (non-hydrogen) atoms. The summed E-state index contributed by atoms with van der Waals surface area (Å²) < 4.78 is 5.35. The Bertz CT molecular complexity index is 518. The van der Waals surface area contributed by atoms with Crippen molar-refractivity contribution in [3.63, 3.8) is 0 Å². The Morgan fingerprint density at radius 2 is 2.10 bits per heavy atom. The van der Waals surface area contributed by atoms with E-state index in [4.69, 9.17) is 15.6 Å². The lowest BCUT2D eigenvalue weighted by Gasteiger charge is -2.13. The van der Waals surface area contributed by atoms with Crippen LogP contribution in [-0.2, 0) is 16.0 Å². The van der Waals surface area contributed by atoms with Crippen LogP contribution in [0.15, 0.2) is 24.3 Å². The number of rotatable bonds is 6. The summed E-state index contributed by atoms with van der Waals surface area (Å²) in [4.78, 5) is 23.0. The van der Waals surface area contributed by atoms with E-state index >= 15 is 0 Å². The Labute approximate surface area is 123 Å². The summed E-state index contributed by atoms with van der Waals surface area (Å²) in [6.45, 7) is 0.801. The Hall–Kier alpha value is -1.92. The van der Waals surface area contributed by atoms with Gasteiger partial charge in [0.05, 0.1) is 6.10 Å². The van der Waals surface area contributed by atoms with Crippen molar-refractivity contribution in [2.24, 2.45) is 5.73 Å². The Kier molecular flexibility index (Phi) is 5.30. The summed E-state index contributed by atoms with van der Waals surface area (Å²) in [6.07, 6.45) is 0.777. The van der Waals surface area contributed by atoms with Crippen molar-refractivity contribution in [3.8, 4) is 0 Å². The van der Waals surface area contributed by atoms with Crippen molar-refractivity contribution in [2.45, 2.75) is 31.5 Å². The molecule has 0 aromatic heterocycles. The van der Waals surface area contributed by atoms with Gasteiger partial charge in [0.15, 0.2) is 6.10 Å². The number of aliphatic carboxylic acids is 1. The standard InChI is InChI=1S/C15H20N2O4/c16-8-7-10-3-1-2-4-12(10)14(18)17-9-11-5-6-13(21-11)15(19)20/h1-4,11,13H,5-9,16H2,(H,17,18)(H,19,20). The van der Waals surface area contributed by atoms with Gasteiger partial charge in [0.1, 0.15) is 0 Å². The molecule has 2 rings (SSSR count). The number of carbonyl (C=O) groups excluding carboxylic acids is 1. The van der Waals surface area contributed by atoms with Gasteiger partial charge in [0.2, 0.25) is 0 Å². The van der Waals surface area contributed by atoms with Gasteiger partial charge in [-0.25, -0.2) is 4.79 Å². The van der Waals surface area contributed by atoms with Crippen molar-refractivity contribution >= 4 is 11.9 Å². The highest BCUT2D eigenvalue weighted by molar-refractivity contribution is 5.95. The third kappa shape index (κ3) is 4.03. The molecule has 1 amide bonds. The summed E-state index contributed by atoms with van der Waals surface area (Å²) in [5.41, 5.74) is 7.06. The molecule has 1 aliphatic heterocycles. The molecule has 1 heterocycles. The van der Waals surface area contributed by atoms with Crippen molar-refractivity contribution < 1.29 is 19.4 Å². The monoisotopic (exact) mass is 292 g/mol. The topological polar surface area (TPSA) is 102 Å². The van der Waals surface area contributed by atoms with Crippen molar-refractivity contribution in [3.05, 3.63) is 35.4 Å². The molecule has 1 fully saturated rings. The molecule has 1 aliphatic rings. The van der Waals surface area contributed by atoms with Gasteiger partial charge in [-0.1, -0.05) is 18.2 Å². The number of nitrogens with two attached hydrogens (primary N) is 1. The zero-order valence-electron chi connectivity index (χ0n) is 11.7. The lowest BCUT2D eigenvalue weighted by atomic mass is 10.0. The molecule has 0 saturated carbocycles. The maximum Gasteiger partial charge on any atom is 0.332 e. The van der Waals surface area contributed by atoms with Crippen LogP contribution in [0.4, 0.5) is 0 Å². The van der Waals surface area contributed by atoms with Gasteiger partial charge in [0.25, 0.3) is 5.91 Å². The van der Waals surface area contributed by atoms with E-state index in [1.165, 1.54) is 0 Å². The van der Waals surface area contributed by atoms with Gasteiger partial charge >= 0.3 is 5.97 Å². The van der Waals surface area contributed by atoms with E-state index < -0.39 is 12.1 Å². The minimum atomic E-state index is -0.947. The largest absolute Gasteiger partial charge is 0.479 e. The zero-order valence-corrected chi connectivity index (χ0v) is 11.7. The number of benzene rings is 1. The molecular weight excluding hydrogens is 272 g/mol. The smallest absolute Gasteiger partial charge is 0.332 e. The van der Waals surface area contributed by atoms with Crippen LogP contribution in [0.2, 0.25) is 0 Å². The minimum absolute atomic E-state index is 0.179. The fraction of sp³-hybridized carbons (Fsp3) is 0.467. The number of carbonyl (C=O) groups is 2. The minimum Gasteiger partial charge on any atom is -0.479 e. The second-order valence-electron chi connectivity index (χ2n) is 5.07. The van der Waals surface area contributed by atoms with E-state index in [1.807, 2.05) is 18.2 Å². The summed E-state index contributed by atoms with van der Waals surface area (Å²) in [7, 11) is 0. The zero-order chi connectivity index (χ0) is 15.2. The highest BCUT2D eigenvalue weighted by Crippen LogP contribution is 2.19.